The van der Waals surface area contributed by atoms with E-state index < -0.39 is 0 Å². The van der Waals surface area contributed by atoms with Crippen molar-refractivity contribution in [3.63, 3.8) is 0 Å². The second kappa shape index (κ2) is 6.57. The molecule has 2 nitrogen and oxygen atoms in total. The summed E-state index contributed by atoms with van der Waals surface area (Å²) in [7, 11) is 0. The molecule has 2 atom stereocenters. The highest BCUT2D eigenvalue weighted by atomic mass is 14.9. The van der Waals surface area contributed by atoms with Crippen LogP contribution in [0.5, 0.6) is 0 Å². The van der Waals surface area contributed by atoms with E-state index in [2.05, 4.69) is 37.1 Å². The number of nitrogens with one attached hydrogen (secondary N) is 1. The predicted octanol–water partition coefficient (Wildman–Crippen LogP) is 3.31. The summed E-state index contributed by atoms with van der Waals surface area (Å²) in [6, 6.07) is 5.15. The maximum Gasteiger partial charge on any atom is 0.0315 e. The van der Waals surface area contributed by atoms with E-state index in [1.54, 1.807) is 0 Å². The van der Waals surface area contributed by atoms with Crippen LogP contribution in [0, 0.1) is 0 Å². The molecule has 0 aliphatic rings. The van der Waals surface area contributed by atoms with E-state index in [1.807, 2.05) is 18.5 Å². The van der Waals surface area contributed by atoms with E-state index in [1.165, 1.54) is 24.8 Å². The van der Waals surface area contributed by atoms with E-state index in [4.69, 9.17) is 0 Å². The van der Waals surface area contributed by atoms with E-state index in [0.29, 0.717) is 12.1 Å². The van der Waals surface area contributed by atoms with Crippen molar-refractivity contribution in [2.24, 2.45) is 0 Å². The minimum Gasteiger partial charge on any atom is -0.307 e. The van der Waals surface area contributed by atoms with Crippen LogP contribution in [0.25, 0.3) is 0 Å². The summed E-state index contributed by atoms with van der Waals surface area (Å²) in [5.41, 5.74) is 1.27. The minimum absolute atomic E-state index is 0.398. The van der Waals surface area contributed by atoms with Gasteiger partial charge in [0.05, 0.1) is 0 Å². The molecule has 0 fully saturated rings. The van der Waals surface area contributed by atoms with Crippen LogP contribution in [0.1, 0.15) is 51.6 Å². The quantitative estimate of drug-likeness (QED) is 0.772. The third-order valence-electron chi connectivity index (χ3n) is 2.80. The molecule has 1 heterocycles. The van der Waals surface area contributed by atoms with Crippen molar-refractivity contribution in [2.45, 2.75) is 52.1 Å². The fourth-order valence-corrected chi connectivity index (χ4v) is 1.84. The van der Waals surface area contributed by atoms with E-state index >= 15 is 0 Å². The molecule has 0 amide bonds. The summed E-state index contributed by atoms with van der Waals surface area (Å²) in [6.45, 7) is 6.68. The van der Waals surface area contributed by atoms with E-state index in [0.717, 1.165) is 0 Å². The van der Waals surface area contributed by atoms with Gasteiger partial charge in [0.2, 0.25) is 0 Å². The zero-order valence-corrected chi connectivity index (χ0v) is 10.0. The standard InChI is InChI=1S/C13H22N2/c1-4-7-13(5-2)15-11(3)12-8-6-9-14-10-12/h6,8-11,13,15H,4-5,7H2,1-3H3/t11-,13?/m1/s1. The van der Waals surface area contributed by atoms with E-state index in [9.17, 15) is 0 Å². The van der Waals surface area contributed by atoms with Crippen LogP contribution in [0.4, 0.5) is 0 Å². The first-order chi connectivity index (χ1) is 7.27. The third kappa shape index (κ3) is 4.00. The predicted molar refractivity (Wildman–Crippen MR) is 64.8 cm³/mol. The first-order valence-electron chi connectivity index (χ1n) is 5.93. The molecule has 0 saturated heterocycles. The Balaban J connectivity index is 2.50. The lowest BCUT2D eigenvalue weighted by atomic mass is 10.1. The molecule has 0 aliphatic carbocycles. The molecular weight excluding hydrogens is 184 g/mol. The fraction of sp³-hybridized carbons (Fsp3) is 0.615. The molecule has 1 rings (SSSR count). The van der Waals surface area contributed by atoms with Crippen molar-refractivity contribution in [3.8, 4) is 0 Å². The molecule has 1 aromatic heterocycles. The normalized spacial score (nSPS) is 14.9. The van der Waals surface area contributed by atoms with Gasteiger partial charge in [-0.25, -0.2) is 0 Å². The van der Waals surface area contributed by atoms with Crippen LogP contribution >= 0.6 is 0 Å². The maximum atomic E-state index is 4.14. The first kappa shape index (κ1) is 12.2. The molecular formula is C13H22N2. The van der Waals surface area contributed by atoms with Gasteiger partial charge in [0.1, 0.15) is 0 Å². The summed E-state index contributed by atoms with van der Waals surface area (Å²) in [6.07, 6.45) is 7.45. The summed E-state index contributed by atoms with van der Waals surface area (Å²) in [5.74, 6) is 0. The molecule has 1 aromatic rings. The van der Waals surface area contributed by atoms with Crippen molar-refractivity contribution < 1.29 is 0 Å². The molecule has 1 N–H and O–H groups in total. The SMILES string of the molecule is CCCC(CC)N[C@H](C)c1cccnc1. The molecule has 0 spiro atoms. The lowest BCUT2D eigenvalue weighted by Crippen LogP contribution is -2.30. The minimum atomic E-state index is 0.398. The van der Waals surface area contributed by atoms with Crippen molar-refractivity contribution in [3.05, 3.63) is 30.1 Å². The number of pyridine rings is 1. The molecule has 15 heavy (non-hydrogen) atoms. The molecule has 1 unspecified atom stereocenters. The van der Waals surface area contributed by atoms with Gasteiger partial charge in [0.25, 0.3) is 0 Å². The average Bonchev–Trinajstić information content (AvgIpc) is 2.29. The van der Waals surface area contributed by atoms with Gasteiger partial charge in [-0.1, -0.05) is 26.3 Å². The molecule has 0 aliphatic heterocycles. The fourth-order valence-electron chi connectivity index (χ4n) is 1.84. The van der Waals surface area contributed by atoms with Crippen molar-refractivity contribution in [1.29, 1.82) is 0 Å². The highest BCUT2D eigenvalue weighted by Gasteiger charge is 2.10. The van der Waals surface area contributed by atoms with Crippen molar-refractivity contribution in [1.82, 2.24) is 10.3 Å². The van der Waals surface area contributed by atoms with E-state index in [-0.39, 0.29) is 0 Å². The van der Waals surface area contributed by atoms with Gasteiger partial charge in [-0.3, -0.25) is 4.98 Å². The van der Waals surface area contributed by atoms with Crippen LogP contribution in [-0.2, 0) is 0 Å². The van der Waals surface area contributed by atoms with Gasteiger partial charge in [-0.05, 0) is 31.4 Å². The second-order valence-corrected chi connectivity index (χ2v) is 4.07. The Morgan fingerprint density at radius 3 is 2.73 bits per heavy atom. The van der Waals surface area contributed by atoms with Crippen LogP contribution in [0.15, 0.2) is 24.5 Å². The van der Waals surface area contributed by atoms with Gasteiger partial charge in [0.15, 0.2) is 0 Å². The van der Waals surface area contributed by atoms with Crippen molar-refractivity contribution >= 4 is 0 Å². The Hall–Kier alpha value is -0.890. The second-order valence-electron chi connectivity index (χ2n) is 4.07. The molecule has 0 aromatic carbocycles. The lowest BCUT2D eigenvalue weighted by Gasteiger charge is -2.21. The smallest absolute Gasteiger partial charge is 0.0315 e. The number of aromatic nitrogens is 1. The van der Waals surface area contributed by atoms with Crippen LogP contribution in [0.2, 0.25) is 0 Å². The molecule has 2 heteroatoms. The summed E-state index contributed by atoms with van der Waals surface area (Å²) < 4.78 is 0. The Morgan fingerprint density at radius 2 is 2.20 bits per heavy atom. The van der Waals surface area contributed by atoms with Crippen LogP contribution < -0.4 is 5.32 Å². The van der Waals surface area contributed by atoms with Gasteiger partial charge in [0, 0.05) is 24.5 Å². The Kier molecular flexibility index (Phi) is 5.33. The first-order valence-corrected chi connectivity index (χ1v) is 5.93. The van der Waals surface area contributed by atoms with Gasteiger partial charge in [-0.2, -0.15) is 0 Å². The van der Waals surface area contributed by atoms with Crippen molar-refractivity contribution in [2.75, 3.05) is 0 Å². The molecule has 0 saturated carbocycles. The third-order valence-corrected chi connectivity index (χ3v) is 2.80. The number of hydrogen-bond donors (Lipinski definition) is 1. The summed E-state index contributed by atoms with van der Waals surface area (Å²) in [4.78, 5) is 4.14. The van der Waals surface area contributed by atoms with Crippen LogP contribution in [0.3, 0.4) is 0 Å². The highest BCUT2D eigenvalue weighted by molar-refractivity contribution is 5.12. The highest BCUT2D eigenvalue weighted by Crippen LogP contribution is 2.13. The monoisotopic (exact) mass is 206 g/mol. The lowest BCUT2D eigenvalue weighted by molar-refractivity contribution is 0.416. The Morgan fingerprint density at radius 1 is 1.40 bits per heavy atom. The largest absolute Gasteiger partial charge is 0.307 e. The molecule has 0 radical (unpaired) electrons. The maximum absolute atomic E-state index is 4.14. The molecule has 0 bridgehead atoms. The Bertz CT molecular complexity index is 258. The van der Waals surface area contributed by atoms with Gasteiger partial charge >= 0.3 is 0 Å². The topological polar surface area (TPSA) is 24.9 Å². The Labute approximate surface area is 93.1 Å². The zero-order chi connectivity index (χ0) is 11.1. The zero-order valence-electron chi connectivity index (χ0n) is 10.0. The van der Waals surface area contributed by atoms with Gasteiger partial charge < -0.3 is 5.32 Å². The summed E-state index contributed by atoms with van der Waals surface area (Å²) >= 11 is 0. The number of hydrogen-bond acceptors (Lipinski definition) is 2. The average molecular weight is 206 g/mol. The number of rotatable bonds is 6. The number of nitrogens with zero attached hydrogens (tertiary/aromatic N) is 1. The molecule has 84 valence electrons. The van der Waals surface area contributed by atoms with Gasteiger partial charge in [-0.15, -0.1) is 0 Å². The van der Waals surface area contributed by atoms with Crippen LogP contribution in [-0.4, -0.2) is 11.0 Å². The summed E-state index contributed by atoms with van der Waals surface area (Å²) in [5, 5.41) is 3.64.